The van der Waals surface area contributed by atoms with Crippen LogP contribution in [-0.2, 0) is 0 Å². The molecule has 0 amide bonds. The standard InChI is InChI=1S/C23H24N4O3.2ClH/c1-28-17-12-18(29-20(22(24)25)15-8-4-2-5-9-15)14-19(13-17)30-21(23(26)27)16-10-6-3-7-11-16;;/h2-14,20-21H,1H3,(H3,24,25)(H3,26,27);2*1H. The molecule has 0 aromatic heterocycles. The first kappa shape index (κ1) is 26.6. The topological polar surface area (TPSA) is 127 Å². The predicted octanol–water partition coefficient (Wildman–Crippen LogP) is 4.65. The lowest BCUT2D eigenvalue weighted by atomic mass is 10.1. The molecule has 32 heavy (non-hydrogen) atoms. The van der Waals surface area contributed by atoms with E-state index in [-0.39, 0.29) is 36.5 Å². The number of rotatable bonds is 9. The van der Waals surface area contributed by atoms with E-state index in [0.29, 0.717) is 17.2 Å². The fourth-order valence-electron chi connectivity index (χ4n) is 2.95. The average molecular weight is 477 g/mol. The lowest BCUT2D eigenvalue weighted by Crippen LogP contribution is -2.26. The van der Waals surface area contributed by atoms with Crippen molar-refractivity contribution >= 4 is 36.5 Å². The molecule has 0 aliphatic rings. The van der Waals surface area contributed by atoms with Gasteiger partial charge in [-0.1, -0.05) is 60.7 Å². The van der Waals surface area contributed by atoms with Crippen molar-refractivity contribution in [2.24, 2.45) is 11.5 Å². The first-order valence-electron chi connectivity index (χ1n) is 9.28. The van der Waals surface area contributed by atoms with Crippen LogP contribution in [0.3, 0.4) is 0 Å². The van der Waals surface area contributed by atoms with Crippen molar-refractivity contribution in [3.8, 4) is 17.2 Å². The van der Waals surface area contributed by atoms with Gasteiger partial charge in [0.1, 0.15) is 28.9 Å². The Morgan fingerprint density at radius 1 is 0.656 bits per heavy atom. The highest BCUT2D eigenvalue weighted by atomic mass is 35.5. The molecular weight excluding hydrogens is 451 g/mol. The maximum atomic E-state index is 7.92. The van der Waals surface area contributed by atoms with Gasteiger partial charge in [0.25, 0.3) is 0 Å². The zero-order valence-electron chi connectivity index (χ0n) is 17.4. The number of ether oxygens (including phenoxy) is 3. The van der Waals surface area contributed by atoms with Crippen molar-refractivity contribution in [3.63, 3.8) is 0 Å². The summed E-state index contributed by atoms with van der Waals surface area (Å²) in [6.45, 7) is 0. The van der Waals surface area contributed by atoms with Gasteiger partial charge in [-0.05, 0) is 11.1 Å². The molecule has 0 saturated heterocycles. The molecule has 7 nitrogen and oxygen atoms in total. The highest BCUT2D eigenvalue weighted by Gasteiger charge is 2.20. The minimum absolute atomic E-state index is 0. The van der Waals surface area contributed by atoms with Gasteiger partial charge >= 0.3 is 0 Å². The van der Waals surface area contributed by atoms with Crippen LogP contribution in [-0.4, -0.2) is 18.8 Å². The molecule has 3 aromatic rings. The fourth-order valence-corrected chi connectivity index (χ4v) is 2.95. The van der Waals surface area contributed by atoms with E-state index < -0.39 is 12.2 Å². The van der Waals surface area contributed by atoms with E-state index in [2.05, 4.69) is 0 Å². The molecule has 6 N–H and O–H groups in total. The maximum absolute atomic E-state index is 7.92. The summed E-state index contributed by atoms with van der Waals surface area (Å²) >= 11 is 0. The predicted molar refractivity (Wildman–Crippen MR) is 131 cm³/mol. The molecule has 0 bridgehead atoms. The number of hydrogen-bond donors (Lipinski definition) is 4. The van der Waals surface area contributed by atoms with Crippen LogP contribution in [0.5, 0.6) is 17.2 Å². The number of hydrogen-bond acceptors (Lipinski definition) is 5. The van der Waals surface area contributed by atoms with Crippen LogP contribution in [0.25, 0.3) is 0 Å². The lowest BCUT2D eigenvalue weighted by Gasteiger charge is -2.21. The normalized spacial score (nSPS) is 11.7. The van der Waals surface area contributed by atoms with Crippen LogP contribution in [0.1, 0.15) is 23.3 Å². The molecule has 0 aliphatic carbocycles. The Bertz CT molecular complexity index is 943. The van der Waals surface area contributed by atoms with Gasteiger partial charge in [0.2, 0.25) is 0 Å². The summed E-state index contributed by atoms with van der Waals surface area (Å²) in [5.74, 6) is 1.05. The molecule has 0 radical (unpaired) electrons. The summed E-state index contributed by atoms with van der Waals surface area (Å²) in [7, 11) is 1.53. The van der Waals surface area contributed by atoms with Crippen LogP contribution in [0.4, 0.5) is 0 Å². The van der Waals surface area contributed by atoms with Crippen LogP contribution >= 0.6 is 24.8 Å². The van der Waals surface area contributed by atoms with Crippen LogP contribution in [0.15, 0.2) is 78.9 Å². The molecule has 3 aromatic carbocycles. The molecule has 170 valence electrons. The van der Waals surface area contributed by atoms with Crippen molar-refractivity contribution in [1.82, 2.24) is 0 Å². The van der Waals surface area contributed by atoms with Gasteiger partial charge < -0.3 is 25.7 Å². The molecule has 0 fully saturated rings. The monoisotopic (exact) mass is 476 g/mol. The lowest BCUT2D eigenvalue weighted by molar-refractivity contribution is 0.253. The average Bonchev–Trinajstić information content (AvgIpc) is 2.76. The Kier molecular flexibility index (Phi) is 10.3. The second kappa shape index (κ2) is 12.4. The molecule has 0 saturated carbocycles. The van der Waals surface area contributed by atoms with E-state index in [0.717, 1.165) is 11.1 Å². The molecule has 3 rings (SSSR count). The number of halogens is 2. The Morgan fingerprint density at radius 2 is 1.00 bits per heavy atom. The van der Waals surface area contributed by atoms with E-state index in [1.54, 1.807) is 18.2 Å². The van der Waals surface area contributed by atoms with Gasteiger partial charge in [0.05, 0.1) is 7.11 Å². The van der Waals surface area contributed by atoms with Crippen LogP contribution in [0, 0.1) is 10.8 Å². The van der Waals surface area contributed by atoms with E-state index in [4.69, 9.17) is 36.5 Å². The smallest absolute Gasteiger partial charge is 0.180 e. The highest BCUT2D eigenvalue weighted by Crippen LogP contribution is 2.33. The van der Waals surface area contributed by atoms with E-state index >= 15 is 0 Å². The van der Waals surface area contributed by atoms with Crippen molar-refractivity contribution in [3.05, 3.63) is 90.0 Å². The van der Waals surface area contributed by atoms with Crippen LogP contribution in [0.2, 0.25) is 0 Å². The number of methoxy groups -OCH3 is 1. The summed E-state index contributed by atoms with van der Waals surface area (Å²) in [4.78, 5) is 0. The number of nitrogens with two attached hydrogens (primary N) is 2. The molecule has 2 unspecified atom stereocenters. The quantitative estimate of drug-likeness (QED) is 0.264. The highest BCUT2D eigenvalue weighted by molar-refractivity contribution is 5.86. The Labute approximate surface area is 199 Å². The Morgan fingerprint density at radius 3 is 1.31 bits per heavy atom. The summed E-state index contributed by atoms with van der Waals surface area (Å²) in [5.41, 5.74) is 13.0. The van der Waals surface area contributed by atoms with Gasteiger partial charge in [-0.15, -0.1) is 24.8 Å². The molecule has 2 atom stereocenters. The van der Waals surface area contributed by atoms with Crippen LogP contribution < -0.4 is 25.7 Å². The van der Waals surface area contributed by atoms with Crippen molar-refractivity contribution in [1.29, 1.82) is 10.8 Å². The molecule has 0 aliphatic heterocycles. The third-order valence-corrected chi connectivity index (χ3v) is 4.37. The van der Waals surface area contributed by atoms with E-state index in [9.17, 15) is 0 Å². The zero-order valence-corrected chi connectivity index (χ0v) is 19.0. The minimum Gasteiger partial charge on any atom is -0.496 e. The first-order valence-corrected chi connectivity index (χ1v) is 9.28. The van der Waals surface area contributed by atoms with E-state index in [1.165, 1.54) is 7.11 Å². The summed E-state index contributed by atoms with van der Waals surface area (Å²) < 4.78 is 17.4. The first-order chi connectivity index (χ1) is 14.5. The summed E-state index contributed by atoms with van der Waals surface area (Å²) in [6, 6.07) is 23.5. The second-order valence-electron chi connectivity index (χ2n) is 6.57. The van der Waals surface area contributed by atoms with Gasteiger partial charge in [0, 0.05) is 18.2 Å². The number of nitrogens with one attached hydrogen (secondary N) is 2. The Hall–Kier alpha value is -3.42. The number of benzene rings is 3. The number of amidine groups is 2. The van der Waals surface area contributed by atoms with Crippen molar-refractivity contribution in [2.75, 3.05) is 7.11 Å². The molecule has 9 heteroatoms. The second-order valence-corrected chi connectivity index (χ2v) is 6.57. The van der Waals surface area contributed by atoms with Gasteiger partial charge in [-0.3, -0.25) is 10.8 Å². The maximum Gasteiger partial charge on any atom is 0.180 e. The van der Waals surface area contributed by atoms with Crippen molar-refractivity contribution in [2.45, 2.75) is 12.2 Å². The summed E-state index contributed by atoms with van der Waals surface area (Å²) in [5, 5.41) is 15.8. The molecule has 0 spiro atoms. The third kappa shape index (κ3) is 6.80. The summed E-state index contributed by atoms with van der Waals surface area (Å²) in [6.07, 6.45) is -1.52. The fraction of sp³-hybridized carbons (Fsp3) is 0.130. The van der Waals surface area contributed by atoms with E-state index in [1.807, 2.05) is 60.7 Å². The van der Waals surface area contributed by atoms with Gasteiger partial charge in [-0.25, -0.2) is 0 Å². The van der Waals surface area contributed by atoms with Gasteiger partial charge in [0.15, 0.2) is 12.2 Å². The third-order valence-electron chi connectivity index (χ3n) is 4.37. The minimum atomic E-state index is -0.760. The largest absolute Gasteiger partial charge is 0.496 e. The molecule has 0 heterocycles. The Balaban J connectivity index is 0.00000256. The zero-order chi connectivity index (χ0) is 21.5. The van der Waals surface area contributed by atoms with Crippen molar-refractivity contribution < 1.29 is 14.2 Å². The SMILES string of the molecule is COc1cc(OC(C(=N)N)c2ccccc2)cc(OC(C(=N)N)c2ccccc2)c1.Cl.Cl. The molecular formula is C23H26Cl2N4O3. The van der Waals surface area contributed by atoms with Gasteiger partial charge in [-0.2, -0.15) is 0 Å².